The Morgan fingerprint density at radius 3 is 2.33 bits per heavy atom. The van der Waals surface area contributed by atoms with Crippen molar-refractivity contribution in [3.8, 4) is 0 Å². The molecule has 1 rings (SSSR count). The maximum absolute atomic E-state index is 2.36. The molecular weight excluding hydrogens is 144 g/mol. The molecule has 0 aromatic heterocycles. The largest absolute Gasteiger partial charge is 0.0845 e. The van der Waals surface area contributed by atoms with E-state index in [0.29, 0.717) is 0 Å². The third-order valence-corrected chi connectivity index (χ3v) is 1.94. The molecule has 65 valence electrons. The minimum Gasteiger partial charge on any atom is -0.0845 e. The molecule has 1 aliphatic rings. The van der Waals surface area contributed by atoms with Crippen LogP contribution >= 0.6 is 0 Å². The molecule has 0 heteroatoms. The van der Waals surface area contributed by atoms with Gasteiger partial charge < -0.3 is 0 Å². The topological polar surface area (TPSA) is 0 Å². The molecule has 0 nitrogen and oxygen atoms in total. The fraction of sp³-hybridized carbons (Fsp3) is 0.417. The van der Waals surface area contributed by atoms with Gasteiger partial charge in [-0.2, -0.15) is 0 Å². The van der Waals surface area contributed by atoms with Gasteiger partial charge in [-0.05, 0) is 32.1 Å². The second-order valence-corrected chi connectivity index (χ2v) is 3.05. The van der Waals surface area contributed by atoms with Crippen molar-refractivity contribution in [2.75, 3.05) is 0 Å². The highest BCUT2D eigenvalue weighted by Crippen LogP contribution is 2.06. The predicted molar refractivity (Wildman–Crippen MR) is 54.8 cm³/mol. The Labute approximate surface area is 75.7 Å². The van der Waals surface area contributed by atoms with Crippen LogP contribution in [-0.4, -0.2) is 0 Å². The summed E-state index contributed by atoms with van der Waals surface area (Å²) >= 11 is 0. The van der Waals surface area contributed by atoms with Crippen LogP contribution in [0.2, 0.25) is 0 Å². The summed E-state index contributed by atoms with van der Waals surface area (Å²) < 4.78 is 0. The van der Waals surface area contributed by atoms with Crippen LogP contribution in [0.25, 0.3) is 0 Å². The van der Waals surface area contributed by atoms with Gasteiger partial charge in [0, 0.05) is 0 Å². The summed E-state index contributed by atoms with van der Waals surface area (Å²) in [4.78, 5) is 0. The lowest BCUT2D eigenvalue weighted by atomic mass is 10.1. The van der Waals surface area contributed by atoms with Gasteiger partial charge in [0.05, 0.1) is 0 Å². The third-order valence-electron chi connectivity index (χ3n) is 1.94. The van der Waals surface area contributed by atoms with Crippen molar-refractivity contribution < 1.29 is 0 Å². The predicted octanol–water partition coefficient (Wildman–Crippen LogP) is 3.82. The molecule has 1 radical (unpaired) electrons. The van der Waals surface area contributed by atoms with Crippen LogP contribution in [-0.2, 0) is 0 Å². The van der Waals surface area contributed by atoms with E-state index in [1.165, 1.54) is 25.7 Å². The fourth-order valence-corrected chi connectivity index (χ4v) is 1.23. The van der Waals surface area contributed by atoms with Gasteiger partial charge >= 0.3 is 0 Å². The maximum Gasteiger partial charge on any atom is -0.0316 e. The van der Waals surface area contributed by atoms with Gasteiger partial charge in [0.15, 0.2) is 0 Å². The van der Waals surface area contributed by atoms with Gasteiger partial charge in [-0.15, -0.1) is 0 Å². The van der Waals surface area contributed by atoms with Crippen molar-refractivity contribution in [2.45, 2.75) is 32.1 Å². The Bertz CT molecular complexity index is 152. The number of allylic oxidation sites excluding steroid dienone is 6. The molecule has 0 unspecified atom stereocenters. The number of rotatable bonds is 0. The molecule has 0 aromatic carbocycles. The Morgan fingerprint density at radius 1 is 0.667 bits per heavy atom. The molecule has 0 amide bonds. The quantitative estimate of drug-likeness (QED) is 0.506. The van der Waals surface area contributed by atoms with Crippen LogP contribution in [0.1, 0.15) is 32.1 Å². The average Bonchev–Trinajstić information content (AvgIpc) is 2.05. The van der Waals surface area contributed by atoms with Gasteiger partial charge in [-0.3, -0.25) is 0 Å². The van der Waals surface area contributed by atoms with E-state index in [1.807, 2.05) is 0 Å². The first-order chi connectivity index (χ1) is 6.00. The van der Waals surface area contributed by atoms with Crippen molar-refractivity contribution in [3.63, 3.8) is 0 Å². The van der Waals surface area contributed by atoms with E-state index in [9.17, 15) is 0 Å². The molecule has 0 fully saturated rings. The van der Waals surface area contributed by atoms with Crippen LogP contribution in [0.4, 0.5) is 0 Å². The van der Waals surface area contributed by atoms with Crippen molar-refractivity contribution in [1.82, 2.24) is 0 Å². The lowest BCUT2D eigenvalue weighted by molar-refractivity contribution is 0.730. The van der Waals surface area contributed by atoms with E-state index in [4.69, 9.17) is 0 Å². The summed E-state index contributed by atoms with van der Waals surface area (Å²) in [5.74, 6) is 0. The summed E-state index contributed by atoms with van der Waals surface area (Å²) in [6, 6.07) is 0. The Kier molecular flexibility index (Phi) is 5.35. The molecule has 0 aliphatic heterocycles. The monoisotopic (exact) mass is 161 g/mol. The average molecular weight is 161 g/mol. The van der Waals surface area contributed by atoms with Crippen LogP contribution < -0.4 is 0 Å². The van der Waals surface area contributed by atoms with E-state index >= 15 is 0 Å². The molecule has 0 bridgehead atoms. The van der Waals surface area contributed by atoms with Crippen LogP contribution in [0, 0.1) is 6.42 Å². The molecule has 1 aliphatic carbocycles. The molecule has 0 atom stereocenters. The van der Waals surface area contributed by atoms with E-state index in [0.717, 1.165) is 6.42 Å². The standard InChI is InChI=1S/C12H17/c1-2-4-6-8-10-12-11-9-7-5-3-1/h1-6,9H,7-8,10-12H2/b2-1-,5-3+,6-4+. The van der Waals surface area contributed by atoms with Crippen LogP contribution in [0.3, 0.4) is 0 Å². The Morgan fingerprint density at radius 2 is 1.42 bits per heavy atom. The molecule has 0 saturated carbocycles. The summed E-state index contributed by atoms with van der Waals surface area (Å²) in [6.07, 6.45) is 21.5. The van der Waals surface area contributed by atoms with E-state index in [2.05, 4.69) is 42.9 Å². The molecule has 0 saturated heterocycles. The molecule has 12 heavy (non-hydrogen) atoms. The normalized spacial score (nSPS) is 28.0. The van der Waals surface area contributed by atoms with Gasteiger partial charge in [0.25, 0.3) is 0 Å². The summed E-state index contributed by atoms with van der Waals surface area (Å²) in [5.41, 5.74) is 0. The lowest BCUT2D eigenvalue weighted by Crippen LogP contribution is -1.78. The lowest BCUT2D eigenvalue weighted by Gasteiger charge is -1.96. The highest BCUT2D eigenvalue weighted by atomic mass is 13.9. The first-order valence-electron chi connectivity index (χ1n) is 4.80. The van der Waals surface area contributed by atoms with E-state index in [-0.39, 0.29) is 0 Å². The molecular formula is C12H17. The number of hydrogen-bond acceptors (Lipinski definition) is 0. The van der Waals surface area contributed by atoms with E-state index < -0.39 is 0 Å². The molecule has 0 heterocycles. The van der Waals surface area contributed by atoms with Gasteiger partial charge in [-0.1, -0.05) is 42.9 Å². The van der Waals surface area contributed by atoms with Crippen LogP contribution in [0.15, 0.2) is 36.5 Å². The Balaban J connectivity index is 2.32. The van der Waals surface area contributed by atoms with Crippen LogP contribution in [0.5, 0.6) is 0 Å². The zero-order valence-corrected chi connectivity index (χ0v) is 7.58. The zero-order valence-electron chi connectivity index (χ0n) is 7.58. The highest BCUT2D eigenvalue weighted by molar-refractivity contribution is 5.11. The van der Waals surface area contributed by atoms with Crippen molar-refractivity contribution in [1.29, 1.82) is 0 Å². The Hall–Kier alpha value is -0.780. The summed E-state index contributed by atoms with van der Waals surface area (Å²) in [6.45, 7) is 0. The second-order valence-electron chi connectivity index (χ2n) is 3.05. The second kappa shape index (κ2) is 6.90. The minimum atomic E-state index is 1.12. The molecule has 0 N–H and O–H groups in total. The first kappa shape index (κ1) is 9.31. The minimum absolute atomic E-state index is 1.12. The third kappa shape index (κ3) is 4.95. The first-order valence-corrected chi connectivity index (χ1v) is 4.80. The van der Waals surface area contributed by atoms with E-state index in [1.54, 1.807) is 0 Å². The van der Waals surface area contributed by atoms with Gasteiger partial charge in [-0.25, -0.2) is 0 Å². The van der Waals surface area contributed by atoms with Crippen molar-refractivity contribution in [2.24, 2.45) is 0 Å². The van der Waals surface area contributed by atoms with Crippen molar-refractivity contribution >= 4 is 0 Å². The smallest absolute Gasteiger partial charge is 0.0316 e. The number of hydrogen-bond donors (Lipinski definition) is 0. The summed E-state index contributed by atoms with van der Waals surface area (Å²) in [7, 11) is 0. The van der Waals surface area contributed by atoms with Gasteiger partial charge in [0.2, 0.25) is 0 Å². The highest BCUT2D eigenvalue weighted by Gasteiger charge is 1.87. The molecule has 0 aromatic rings. The SMILES string of the molecule is [CH]1C/C=C/C=C\C=C\CCCC1. The fourth-order valence-electron chi connectivity index (χ4n) is 1.23. The molecule has 0 spiro atoms. The maximum atomic E-state index is 2.36. The van der Waals surface area contributed by atoms with Gasteiger partial charge in [0.1, 0.15) is 0 Å². The van der Waals surface area contributed by atoms with Crippen molar-refractivity contribution in [3.05, 3.63) is 42.9 Å². The summed E-state index contributed by atoms with van der Waals surface area (Å²) in [5, 5.41) is 0. The zero-order chi connectivity index (χ0) is 8.49.